The molecule has 4 heterocycles. The zero-order valence-corrected chi connectivity index (χ0v) is 24.4. The summed E-state index contributed by atoms with van der Waals surface area (Å²) in [6, 6.07) is 16.0. The van der Waals surface area contributed by atoms with Crippen LogP contribution in [-0.2, 0) is 17.8 Å². The van der Waals surface area contributed by atoms with Crippen molar-refractivity contribution in [3.63, 3.8) is 0 Å². The van der Waals surface area contributed by atoms with Gasteiger partial charge in [-0.05, 0) is 47.9 Å². The molecule has 2 aromatic carbocycles. The number of aromatic nitrogens is 5. The second kappa shape index (κ2) is 12.3. The summed E-state index contributed by atoms with van der Waals surface area (Å²) >= 11 is 0. The van der Waals surface area contributed by atoms with Crippen molar-refractivity contribution in [2.75, 3.05) is 23.7 Å². The number of carbonyl (C=O) groups excluding carboxylic acids is 1. The van der Waals surface area contributed by atoms with Crippen LogP contribution in [0.5, 0.6) is 0 Å². The summed E-state index contributed by atoms with van der Waals surface area (Å²) in [4.78, 5) is 26.3. The molecule has 1 saturated heterocycles. The van der Waals surface area contributed by atoms with Crippen LogP contribution in [-0.4, -0.2) is 49.5 Å². The first-order chi connectivity index (χ1) is 20.9. The van der Waals surface area contributed by atoms with Crippen LogP contribution < -0.4 is 16.0 Å². The molecule has 3 aromatic heterocycles. The zero-order valence-electron chi connectivity index (χ0n) is 24.4. The molecular formula is C33H35FN8O. The fraction of sp³-hybridized carbons (Fsp3) is 0.303. The highest BCUT2D eigenvalue weighted by atomic mass is 19.1. The lowest BCUT2D eigenvalue weighted by molar-refractivity contribution is -0.116. The average Bonchev–Trinajstić information content (AvgIpc) is 3.45. The van der Waals surface area contributed by atoms with E-state index in [-0.39, 0.29) is 18.4 Å². The van der Waals surface area contributed by atoms with Crippen LogP contribution in [0.2, 0.25) is 0 Å². The Balaban J connectivity index is 1.32. The van der Waals surface area contributed by atoms with Crippen molar-refractivity contribution in [3.05, 3.63) is 90.0 Å². The Bertz CT molecular complexity index is 1810. The molecule has 43 heavy (non-hydrogen) atoms. The van der Waals surface area contributed by atoms with Gasteiger partial charge in [0.05, 0.1) is 11.9 Å². The molecule has 1 unspecified atom stereocenters. The lowest BCUT2D eigenvalue weighted by Crippen LogP contribution is -2.38. The number of fused-ring (bicyclic) bond motifs is 2. The first-order valence-corrected chi connectivity index (χ1v) is 14.7. The first kappa shape index (κ1) is 28.4. The number of benzene rings is 2. The largest absolute Gasteiger partial charge is 0.350 e. The van der Waals surface area contributed by atoms with Gasteiger partial charge in [0.1, 0.15) is 0 Å². The van der Waals surface area contributed by atoms with Gasteiger partial charge in [-0.2, -0.15) is 19.6 Å². The molecule has 3 N–H and O–H groups in total. The number of carbonyl (C=O) groups is 1. The van der Waals surface area contributed by atoms with Gasteiger partial charge in [-0.15, -0.1) is 0 Å². The van der Waals surface area contributed by atoms with E-state index in [0.717, 1.165) is 70.3 Å². The second-order valence-electron chi connectivity index (χ2n) is 11.3. The van der Waals surface area contributed by atoms with E-state index in [4.69, 9.17) is 15.0 Å². The van der Waals surface area contributed by atoms with E-state index in [2.05, 4.69) is 47.5 Å². The molecule has 0 spiro atoms. The Hall–Kier alpha value is -4.70. The van der Waals surface area contributed by atoms with E-state index in [9.17, 15) is 9.18 Å². The number of allylic oxidation sites excluding steroid dienone is 1. The van der Waals surface area contributed by atoms with Gasteiger partial charge in [0, 0.05) is 48.3 Å². The van der Waals surface area contributed by atoms with Crippen molar-refractivity contribution in [3.8, 4) is 11.3 Å². The maximum atomic E-state index is 13.3. The van der Waals surface area contributed by atoms with Gasteiger partial charge in [0.15, 0.2) is 17.3 Å². The summed E-state index contributed by atoms with van der Waals surface area (Å²) in [5.74, 6) is -0.0944. The Morgan fingerprint density at radius 1 is 1.19 bits per heavy atom. The maximum Gasteiger partial charge on any atom is 0.229 e. The summed E-state index contributed by atoms with van der Waals surface area (Å²) in [7, 11) is 0. The van der Waals surface area contributed by atoms with Gasteiger partial charge in [0.25, 0.3) is 0 Å². The van der Waals surface area contributed by atoms with Gasteiger partial charge in [-0.25, -0.2) is 4.39 Å². The molecule has 9 nitrogen and oxygen atoms in total. The molecule has 6 rings (SSSR count). The lowest BCUT2D eigenvalue weighted by Gasteiger charge is -2.24. The van der Waals surface area contributed by atoms with Crippen LogP contribution in [0.3, 0.4) is 0 Å². The Labute approximate surface area is 249 Å². The van der Waals surface area contributed by atoms with Gasteiger partial charge in [-0.3, -0.25) is 9.78 Å². The van der Waals surface area contributed by atoms with E-state index in [1.54, 1.807) is 10.7 Å². The Morgan fingerprint density at radius 3 is 2.84 bits per heavy atom. The minimum absolute atomic E-state index is 0.0309. The molecule has 10 heteroatoms. The summed E-state index contributed by atoms with van der Waals surface area (Å²) in [5.41, 5.74) is 5.40. The van der Waals surface area contributed by atoms with E-state index in [1.807, 2.05) is 48.7 Å². The number of anilines is 2. The quantitative estimate of drug-likeness (QED) is 0.178. The van der Waals surface area contributed by atoms with Crippen LogP contribution in [0.15, 0.2) is 73.3 Å². The monoisotopic (exact) mass is 578 g/mol. The number of rotatable bonds is 10. The highest BCUT2D eigenvalue weighted by molar-refractivity contribution is 5.98. The van der Waals surface area contributed by atoms with Crippen molar-refractivity contribution in [2.45, 2.75) is 51.6 Å². The second-order valence-corrected chi connectivity index (χ2v) is 11.3. The highest BCUT2D eigenvalue weighted by Crippen LogP contribution is 2.31. The van der Waals surface area contributed by atoms with Gasteiger partial charge in [-0.1, -0.05) is 62.9 Å². The molecule has 1 aliphatic rings. The van der Waals surface area contributed by atoms with Crippen molar-refractivity contribution < 1.29 is 9.18 Å². The average molecular weight is 579 g/mol. The molecule has 0 saturated carbocycles. The number of piperidine rings is 1. The third-order valence-electron chi connectivity index (χ3n) is 7.85. The van der Waals surface area contributed by atoms with Crippen molar-refractivity contribution in [1.29, 1.82) is 0 Å². The molecule has 1 fully saturated rings. The van der Waals surface area contributed by atoms with Crippen LogP contribution >= 0.6 is 0 Å². The van der Waals surface area contributed by atoms with Gasteiger partial charge in [0.2, 0.25) is 11.9 Å². The Morgan fingerprint density at radius 2 is 2.05 bits per heavy atom. The fourth-order valence-electron chi connectivity index (χ4n) is 5.55. The predicted molar refractivity (Wildman–Crippen MR) is 168 cm³/mol. The molecule has 1 atom stereocenters. The lowest BCUT2D eigenvalue weighted by atomic mass is 9.97. The number of hydrogen-bond acceptors (Lipinski definition) is 8. The van der Waals surface area contributed by atoms with E-state index < -0.39 is 11.6 Å². The standard InChI is InChI=1S/C33H35FN8O/c1-20(2)28-19-38-42-31(28)40-32(39-25-8-6-13-35-18-25)41-33(42)37-17-24-7-4-5-9-26(24)30-27-11-10-22(16-29(43)21(3)34)15-23(27)12-14-36-30/h4-5,7,9-12,14-15,19-20,25,35H,3,6,8,13,16-18H2,1-2H3,(H2,37,39,40,41). The van der Waals surface area contributed by atoms with Gasteiger partial charge < -0.3 is 16.0 Å². The smallest absolute Gasteiger partial charge is 0.229 e. The minimum atomic E-state index is -0.928. The van der Waals surface area contributed by atoms with Crippen LogP contribution in [0, 0.1) is 0 Å². The number of hydrogen-bond donors (Lipinski definition) is 3. The topological polar surface area (TPSA) is 109 Å². The predicted octanol–water partition coefficient (Wildman–Crippen LogP) is 5.83. The molecule has 0 amide bonds. The van der Waals surface area contributed by atoms with Crippen LogP contribution in [0.4, 0.5) is 16.3 Å². The van der Waals surface area contributed by atoms with E-state index in [1.165, 1.54) is 0 Å². The van der Waals surface area contributed by atoms with E-state index in [0.29, 0.717) is 18.4 Å². The third-order valence-corrected chi connectivity index (χ3v) is 7.85. The molecular weight excluding hydrogens is 543 g/mol. The molecule has 5 aromatic rings. The summed E-state index contributed by atoms with van der Waals surface area (Å²) in [5, 5.41) is 17.0. The fourth-order valence-corrected chi connectivity index (χ4v) is 5.55. The number of nitrogens with zero attached hydrogens (tertiary/aromatic N) is 5. The third kappa shape index (κ3) is 6.10. The van der Waals surface area contributed by atoms with Crippen LogP contribution in [0.1, 0.15) is 49.3 Å². The van der Waals surface area contributed by atoms with Gasteiger partial charge >= 0.3 is 0 Å². The number of Topliss-reactive ketones (excluding diaryl/α,β-unsaturated/α-hetero) is 1. The van der Waals surface area contributed by atoms with Crippen molar-refractivity contribution in [2.24, 2.45) is 0 Å². The number of ketones is 1. The Kier molecular flexibility index (Phi) is 8.11. The normalized spacial score (nSPS) is 15.2. The summed E-state index contributed by atoms with van der Waals surface area (Å²) in [6.45, 7) is 9.78. The molecule has 0 aliphatic carbocycles. The SMILES string of the molecule is C=C(F)C(=O)Cc1ccc2c(-c3ccccc3CNc3nc(NC4CCCNC4)nc4c(C(C)C)cnn34)nccc2c1. The number of pyridine rings is 1. The van der Waals surface area contributed by atoms with Crippen molar-refractivity contribution >= 4 is 34.1 Å². The summed E-state index contributed by atoms with van der Waals surface area (Å²) in [6.07, 6.45) is 5.77. The minimum Gasteiger partial charge on any atom is -0.350 e. The summed E-state index contributed by atoms with van der Waals surface area (Å²) < 4.78 is 15.1. The van der Waals surface area contributed by atoms with E-state index >= 15 is 0 Å². The molecule has 220 valence electrons. The molecule has 0 bridgehead atoms. The molecule has 0 radical (unpaired) electrons. The number of halogens is 1. The zero-order chi connectivity index (χ0) is 29.9. The van der Waals surface area contributed by atoms with Crippen molar-refractivity contribution in [1.82, 2.24) is 29.9 Å². The maximum absolute atomic E-state index is 13.3. The number of nitrogens with one attached hydrogen (secondary N) is 3. The molecule has 1 aliphatic heterocycles. The van der Waals surface area contributed by atoms with Crippen LogP contribution in [0.25, 0.3) is 27.7 Å². The highest BCUT2D eigenvalue weighted by Gasteiger charge is 2.19. The first-order valence-electron chi connectivity index (χ1n) is 14.7.